The smallest absolute Gasteiger partial charge is 0.240 e. The fourth-order valence-electron chi connectivity index (χ4n) is 1.71. The molecule has 0 fully saturated rings. The van der Waals surface area contributed by atoms with E-state index in [9.17, 15) is 22.0 Å². The first-order valence-electron chi connectivity index (χ1n) is 7.07. The van der Waals surface area contributed by atoms with Crippen LogP contribution in [0.4, 0.5) is 8.78 Å². The van der Waals surface area contributed by atoms with E-state index in [2.05, 4.69) is 10.0 Å². The Balaban J connectivity index is 2.36. The molecular formula is C14H20F2N2O4S. The summed E-state index contributed by atoms with van der Waals surface area (Å²) in [6, 6.07) is 2.28. The Bertz CT molecular complexity index is 623. The van der Waals surface area contributed by atoms with E-state index < -0.39 is 26.6 Å². The van der Waals surface area contributed by atoms with Crippen molar-refractivity contribution < 1.29 is 26.7 Å². The lowest BCUT2D eigenvalue weighted by molar-refractivity contribution is -0.120. The molecule has 0 saturated heterocycles. The summed E-state index contributed by atoms with van der Waals surface area (Å²) in [6.45, 7) is 0.966. The summed E-state index contributed by atoms with van der Waals surface area (Å²) in [5.41, 5.74) is 0. The number of benzene rings is 1. The Morgan fingerprint density at radius 2 is 1.91 bits per heavy atom. The van der Waals surface area contributed by atoms with Crippen molar-refractivity contribution in [3.8, 4) is 0 Å². The number of carbonyl (C=O) groups is 1. The van der Waals surface area contributed by atoms with E-state index in [1.165, 1.54) is 0 Å². The Morgan fingerprint density at radius 3 is 2.57 bits per heavy atom. The van der Waals surface area contributed by atoms with Gasteiger partial charge in [0.1, 0.15) is 0 Å². The highest BCUT2D eigenvalue weighted by molar-refractivity contribution is 7.89. The van der Waals surface area contributed by atoms with E-state index in [1.54, 1.807) is 7.11 Å². The van der Waals surface area contributed by atoms with Gasteiger partial charge in [-0.1, -0.05) is 0 Å². The molecule has 1 amide bonds. The predicted octanol–water partition coefficient (Wildman–Crippen LogP) is 1.18. The maximum atomic E-state index is 13.0. The third-order valence-electron chi connectivity index (χ3n) is 2.94. The highest BCUT2D eigenvalue weighted by atomic mass is 32.2. The maximum Gasteiger partial charge on any atom is 0.240 e. The largest absolute Gasteiger partial charge is 0.385 e. The second-order valence-electron chi connectivity index (χ2n) is 4.77. The van der Waals surface area contributed by atoms with Crippen LogP contribution in [-0.4, -0.2) is 41.1 Å². The first-order chi connectivity index (χ1) is 10.9. The van der Waals surface area contributed by atoms with Crippen LogP contribution in [0.25, 0.3) is 0 Å². The van der Waals surface area contributed by atoms with Crippen LogP contribution in [0.15, 0.2) is 23.1 Å². The van der Waals surface area contributed by atoms with E-state index in [-0.39, 0.29) is 18.9 Å². The summed E-state index contributed by atoms with van der Waals surface area (Å²) < 4.78 is 56.6. The van der Waals surface area contributed by atoms with Crippen LogP contribution in [0.3, 0.4) is 0 Å². The zero-order chi connectivity index (χ0) is 17.3. The van der Waals surface area contributed by atoms with Gasteiger partial charge >= 0.3 is 0 Å². The third-order valence-corrected chi connectivity index (χ3v) is 4.40. The summed E-state index contributed by atoms with van der Waals surface area (Å²) >= 11 is 0. The number of halogens is 2. The fourth-order valence-corrected chi connectivity index (χ4v) is 2.76. The number of rotatable bonds is 10. The van der Waals surface area contributed by atoms with Crippen molar-refractivity contribution in [1.82, 2.24) is 10.0 Å². The van der Waals surface area contributed by atoms with Gasteiger partial charge in [-0.05, 0) is 31.0 Å². The van der Waals surface area contributed by atoms with Crippen molar-refractivity contribution in [1.29, 1.82) is 0 Å². The summed E-state index contributed by atoms with van der Waals surface area (Å²) in [4.78, 5) is 11.1. The van der Waals surface area contributed by atoms with Gasteiger partial charge in [0.15, 0.2) is 11.6 Å². The third kappa shape index (κ3) is 7.02. The van der Waals surface area contributed by atoms with Crippen molar-refractivity contribution in [2.75, 3.05) is 26.8 Å². The number of nitrogens with one attached hydrogen (secondary N) is 2. The fraction of sp³-hybridized carbons (Fsp3) is 0.500. The molecule has 6 nitrogen and oxygen atoms in total. The Hall–Kier alpha value is -1.58. The highest BCUT2D eigenvalue weighted by Gasteiger charge is 2.16. The van der Waals surface area contributed by atoms with Gasteiger partial charge in [0, 0.05) is 33.2 Å². The van der Waals surface area contributed by atoms with Crippen molar-refractivity contribution in [3.63, 3.8) is 0 Å². The molecule has 0 radical (unpaired) electrons. The molecule has 0 aliphatic rings. The van der Waals surface area contributed by atoms with Gasteiger partial charge in [0.2, 0.25) is 15.9 Å². The molecule has 1 aromatic rings. The molecule has 0 heterocycles. The molecule has 0 spiro atoms. The molecule has 0 bridgehead atoms. The molecule has 0 unspecified atom stereocenters. The first kappa shape index (κ1) is 19.5. The number of carbonyl (C=O) groups excluding carboxylic acids is 1. The molecule has 9 heteroatoms. The van der Waals surface area contributed by atoms with Gasteiger partial charge in [-0.2, -0.15) is 0 Å². The van der Waals surface area contributed by atoms with E-state index in [0.29, 0.717) is 19.2 Å². The second-order valence-corrected chi connectivity index (χ2v) is 6.54. The molecule has 23 heavy (non-hydrogen) atoms. The van der Waals surface area contributed by atoms with Crippen LogP contribution in [0.5, 0.6) is 0 Å². The zero-order valence-corrected chi connectivity index (χ0v) is 13.6. The van der Waals surface area contributed by atoms with Crippen LogP contribution in [0, 0.1) is 11.6 Å². The average Bonchev–Trinajstić information content (AvgIpc) is 2.49. The minimum Gasteiger partial charge on any atom is -0.385 e. The van der Waals surface area contributed by atoms with Gasteiger partial charge in [-0.15, -0.1) is 0 Å². The molecule has 0 aliphatic carbocycles. The number of sulfonamides is 1. The number of unbranched alkanes of at least 4 members (excludes halogenated alkanes) is 1. The monoisotopic (exact) mass is 350 g/mol. The summed E-state index contributed by atoms with van der Waals surface area (Å²) in [7, 11) is -2.39. The second kappa shape index (κ2) is 9.53. The lowest BCUT2D eigenvalue weighted by Gasteiger charge is -2.08. The minimum atomic E-state index is -3.98. The number of hydrogen-bond donors (Lipinski definition) is 2. The summed E-state index contributed by atoms with van der Waals surface area (Å²) in [5.74, 6) is -2.67. The van der Waals surface area contributed by atoms with Crippen molar-refractivity contribution in [3.05, 3.63) is 29.8 Å². The molecule has 1 aromatic carbocycles. The van der Waals surface area contributed by atoms with E-state index >= 15 is 0 Å². The molecular weight excluding hydrogens is 330 g/mol. The SMILES string of the molecule is COCCCCNC(=O)CCNS(=O)(=O)c1ccc(F)c(F)c1. The zero-order valence-electron chi connectivity index (χ0n) is 12.8. The molecule has 130 valence electrons. The Morgan fingerprint density at radius 1 is 1.17 bits per heavy atom. The van der Waals surface area contributed by atoms with Crippen LogP contribution >= 0.6 is 0 Å². The van der Waals surface area contributed by atoms with Gasteiger partial charge in [-0.3, -0.25) is 4.79 Å². The summed E-state index contributed by atoms with van der Waals surface area (Å²) in [5, 5.41) is 2.65. The van der Waals surface area contributed by atoms with Crippen LogP contribution < -0.4 is 10.0 Å². The van der Waals surface area contributed by atoms with Crippen molar-refractivity contribution >= 4 is 15.9 Å². The molecule has 0 atom stereocenters. The maximum absolute atomic E-state index is 13.0. The van der Waals surface area contributed by atoms with E-state index in [0.717, 1.165) is 25.0 Å². The Kier molecular flexibility index (Phi) is 8.07. The predicted molar refractivity (Wildman–Crippen MR) is 80.3 cm³/mol. The van der Waals surface area contributed by atoms with Crippen LogP contribution in [0.1, 0.15) is 19.3 Å². The number of hydrogen-bond acceptors (Lipinski definition) is 4. The van der Waals surface area contributed by atoms with Crippen LogP contribution in [0.2, 0.25) is 0 Å². The van der Waals surface area contributed by atoms with E-state index in [1.807, 2.05) is 0 Å². The van der Waals surface area contributed by atoms with Gasteiger partial charge in [-0.25, -0.2) is 21.9 Å². The average molecular weight is 350 g/mol. The number of ether oxygens (including phenoxy) is 1. The normalized spacial score (nSPS) is 11.4. The standard InChI is InChI=1S/C14H20F2N2O4S/c1-22-9-3-2-7-17-14(19)6-8-18-23(20,21)11-4-5-12(15)13(16)10-11/h4-5,10,18H,2-3,6-9H2,1H3,(H,17,19). The molecule has 1 rings (SSSR count). The lowest BCUT2D eigenvalue weighted by Crippen LogP contribution is -2.31. The van der Waals surface area contributed by atoms with E-state index in [4.69, 9.17) is 4.74 Å². The highest BCUT2D eigenvalue weighted by Crippen LogP contribution is 2.13. The topological polar surface area (TPSA) is 84.5 Å². The Labute approximate surface area is 134 Å². The van der Waals surface area contributed by atoms with Gasteiger partial charge < -0.3 is 10.1 Å². The minimum absolute atomic E-state index is 0.0484. The lowest BCUT2D eigenvalue weighted by atomic mass is 10.3. The quantitative estimate of drug-likeness (QED) is 0.621. The summed E-state index contributed by atoms with van der Waals surface area (Å²) in [6.07, 6.45) is 1.53. The molecule has 0 saturated carbocycles. The van der Waals surface area contributed by atoms with Crippen molar-refractivity contribution in [2.24, 2.45) is 0 Å². The number of methoxy groups -OCH3 is 1. The van der Waals surface area contributed by atoms with Gasteiger partial charge in [0.05, 0.1) is 4.90 Å². The van der Waals surface area contributed by atoms with Gasteiger partial charge in [0.25, 0.3) is 0 Å². The molecule has 0 aliphatic heterocycles. The molecule has 0 aromatic heterocycles. The molecule has 2 N–H and O–H groups in total. The van der Waals surface area contributed by atoms with Crippen molar-refractivity contribution in [2.45, 2.75) is 24.2 Å². The van der Waals surface area contributed by atoms with Crippen LogP contribution in [-0.2, 0) is 19.6 Å². The first-order valence-corrected chi connectivity index (χ1v) is 8.55. The number of amides is 1.